The van der Waals surface area contributed by atoms with E-state index in [-0.39, 0.29) is 0 Å². The summed E-state index contributed by atoms with van der Waals surface area (Å²) in [6, 6.07) is 5.54. The summed E-state index contributed by atoms with van der Waals surface area (Å²) in [5, 5.41) is 5.77. The van der Waals surface area contributed by atoms with Gasteiger partial charge in [-0.2, -0.15) is 0 Å². The Kier molecular flexibility index (Phi) is 3.99. The quantitative estimate of drug-likeness (QED) is 0.901. The average Bonchev–Trinajstić information content (AvgIpc) is 3.14. The standard InChI is InChI=1S/C15H21N3S/c1-2-7-16-12-5-6-13(11-12)18-9-8-17-15(18)14-4-3-10-19-14/h3-4,8-10,12-13,16H,2,5-7,11H2,1H3. The fraction of sp³-hybridized carbons (Fsp3) is 0.533. The van der Waals surface area contributed by atoms with Crippen LogP contribution in [0.25, 0.3) is 10.7 Å². The van der Waals surface area contributed by atoms with Crippen LogP contribution in [0.15, 0.2) is 29.9 Å². The number of imidazole rings is 1. The van der Waals surface area contributed by atoms with Gasteiger partial charge in [0.05, 0.1) is 4.88 Å². The van der Waals surface area contributed by atoms with E-state index in [9.17, 15) is 0 Å². The van der Waals surface area contributed by atoms with Crippen LogP contribution in [-0.2, 0) is 0 Å². The molecule has 1 N–H and O–H groups in total. The summed E-state index contributed by atoms with van der Waals surface area (Å²) < 4.78 is 2.37. The highest BCUT2D eigenvalue weighted by atomic mass is 32.1. The van der Waals surface area contributed by atoms with E-state index in [1.807, 2.05) is 6.20 Å². The normalized spacial score (nSPS) is 23.0. The van der Waals surface area contributed by atoms with Gasteiger partial charge < -0.3 is 9.88 Å². The van der Waals surface area contributed by atoms with Crippen molar-refractivity contribution < 1.29 is 0 Å². The molecule has 0 aliphatic heterocycles. The van der Waals surface area contributed by atoms with Crippen molar-refractivity contribution in [3.05, 3.63) is 29.9 Å². The van der Waals surface area contributed by atoms with Gasteiger partial charge in [-0.05, 0) is 43.7 Å². The molecule has 3 rings (SSSR count). The minimum Gasteiger partial charge on any atom is -0.327 e. The van der Waals surface area contributed by atoms with Crippen molar-refractivity contribution in [2.45, 2.75) is 44.7 Å². The lowest BCUT2D eigenvalue weighted by Crippen LogP contribution is -2.27. The first-order valence-electron chi connectivity index (χ1n) is 7.18. The number of thiophene rings is 1. The topological polar surface area (TPSA) is 29.9 Å². The zero-order valence-corrected chi connectivity index (χ0v) is 12.2. The number of hydrogen-bond donors (Lipinski definition) is 1. The largest absolute Gasteiger partial charge is 0.327 e. The first-order valence-corrected chi connectivity index (χ1v) is 8.06. The van der Waals surface area contributed by atoms with Gasteiger partial charge in [0, 0.05) is 24.5 Å². The molecule has 1 aliphatic rings. The van der Waals surface area contributed by atoms with Crippen molar-refractivity contribution in [3.63, 3.8) is 0 Å². The van der Waals surface area contributed by atoms with Crippen LogP contribution in [0.2, 0.25) is 0 Å². The number of nitrogens with one attached hydrogen (secondary N) is 1. The Morgan fingerprint density at radius 3 is 3.21 bits per heavy atom. The molecule has 19 heavy (non-hydrogen) atoms. The maximum Gasteiger partial charge on any atom is 0.150 e. The predicted molar refractivity (Wildman–Crippen MR) is 80.5 cm³/mol. The summed E-state index contributed by atoms with van der Waals surface area (Å²) in [5.74, 6) is 1.14. The van der Waals surface area contributed by atoms with Crippen molar-refractivity contribution in [1.29, 1.82) is 0 Å². The summed E-state index contributed by atoms with van der Waals surface area (Å²) in [4.78, 5) is 5.82. The van der Waals surface area contributed by atoms with Crippen molar-refractivity contribution in [2.75, 3.05) is 6.54 Å². The summed E-state index contributed by atoms with van der Waals surface area (Å²) in [7, 11) is 0. The third kappa shape index (κ3) is 2.74. The molecule has 2 unspecified atom stereocenters. The molecule has 2 atom stereocenters. The fourth-order valence-corrected chi connectivity index (χ4v) is 3.67. The smallest absolute Gasteiger partial charge is 0.150 e. The van der Waals surface area contributed by atoms with Gasteiger partial charge in [0.2, 0.25) is 0 Å². The Balaban J connectivity index is 1.72. The Hall–Kier alpha value is -1.13. The van der Waals surface area contributed by atoms with Crippen molar-refractivity contribution in [2.24, 2.45) is 0 Å². The second-order valence-corrected chi connectivity index (χ2v) is 6.20. The van der Waals surface area contributed by atoms with Crippen LogP contribution in [0.1, 0.15) is 38.6 Å². The molecule has 0 aromatic carbocycles. The molecule has 0 radical (unpaired) electrons. The molecule has 4 heteroatoms. The fourth-order valence-electron chi connectivity index (χ4n) is 2.95. The second-order valence-electron chi connectivity index (χ2n) is 5.25. The number of nitrogens with zero attached hydrogens (tertiary/aromatic N) is 2. The molecule has 0 saturated heterocycles. The first kappa shape index (κ1) is 12.9. The minimum atomic E-state index is 0.606. The van der Waals surface area contributed by atoms with E-state index in [1.165, 1.54) is 30.6 Å². The number of rotatable bonds is 5. The summed E-state index contributed by atoms with van der Waals surface area (Å²) in [6.07, 6.45) is 9.06. The molecule has 0 amide bonds. The Morgan fingerprint density at radius 2 is 2.42 bits per heavy atom. The zero-order chi connectivity index (χ0) is 13.1. The molecular formula is C15H21N3S. The minimum absolute atomic E-state index is 0.606. The molecule has 2 aromatic heterocycles. The van der Waals surface area contributed by atoms with Crippen LogP contribution in [0, 0.1) is 0 Å². The molecule has 3 nitrogen and oxygen atoms in total. The van der Waals surface area contributed by atoms with Crippen LogP contribution in [-0.4, -0.2) is 22.1 Å². The molecular weight excluding hydrogens is 254 g/mol. The Morgan fingerprint density at radius 1 is 1.47 bits per heavy atom. The molecule has 1 aliphatic carbocycles. The van der Waals surface area contributed by atoms with Gasteiger partial charge >= 0.3 is 0 Å². The highest BCUT2D eigenvalue weighted by molar-refractivity contribution is 7.13. The van der Waals surface area contributed by atoms with Crippen LogP contribution in [0.3, 0.4) is 0 Å². The first-order chi connectivity index (χ1) is 9.38. The predicted octanol–water partition coefficient (Wildman–Crippen LogP) is 3.70. The third-order valence-electron chi connectivity index (χ3n) is 3.89. The van der Waals surface area contributed by atoms with Gasteiger partial charge in [-0.25, -0.2) is 4.98 Å². The number of aromatic nitrogens is 2. The maximum absolute atomic E-state index is 4.54. The van der Waals surface area contributed by atoms with Gasteiger partial charge in [0.1, 0.15) is 5.82 Å². The van der Waals surface area contributed by atoms with E-state index in [1.54, 1.807) is 11.3 Å². The van der Waals surface area contributed by atoms with E-state index < -0.39 is 0 Å². The highest BCUT2D eigenvalue weighted by Crippen LogP contribution is 2.34. The van der Waals surface area contributed by atoms with E-state index in [2.05, 4.69) is 45.5 Å². The lowest BCUT2D eigenvalue weighted by molar-refractivity contribution is 0.476. The van der Waals surface area contributed by atoms with E-state index in [4.69, 9.17) is 0 Å². The number of hydrogen-bond acceptors (Lipinski definition) is 3. The van der Waals surface area contributed by atoms with E-state index in [0.29, 0.717) is 12.1 Å². The van der Waals surface area contributed by atoms with Crippen LogP contribution in [0.5, 0.6) is 0 Å². The maximum atomic E-state index is 4.54. The van der Waals surface area contributed by atoms with Crippen molar-refractivity contribution >= 4 is 11.3 Å². The van der Waals surface area contributed by atoms with E-state index in [0.717, 1.165) is 12.4 Å². The van der Waals surface area contributed by atoms with Crippen molar-refractivity contribution in [3.8, 4) is 10.7 Å². The van der Waals surface area contributed by atoms with E-state index >= 15 is 0 Å². The SMILES string of the molecule is CCCNC1CCC(n2ccnc2-c2cccs2)C1. The molecule has 1 saturated carbocycles. The lowest BCUT2D eigenvalue weighted by atomic mass is 10.2. The molecule has 2 heterocycles. The molecule has 2 aromatic rings. The molecule has 0 bridgehead atoms. The molecule has 102 valence electrons. The molecule has 0 spiro atoms. The van der Waals surface area contributed by atoms with Gasteiger partial charge in [-0.1, -0.05) is 13.0 Å². The lowest BCUT2D eigenvalue weighted by Gasteiger charge is -2.16. The van der Waals surface area contributed by atoms with Gasteiger partial charge in [-0.15, -0.1) is 11.3 Å². The Bertz CT molecular complexity index is 503. The van der Waals surface area contributed by atoms with Gasteiger partial charge in [0.25, 0.3) is 0 Å². The third-order valence-corrected chi connectivity index (χ3v) is 4.76. The summed E-state index contributed by atoms with van der Waals surface area (Å²) >= 11 is 1.77. The van der Waals surface area contributed by atoms with Gasteiger partial charge in [0.15, 0.2) is 0 Å². The monoisotopic (exact) mass is 275 g/mol. The van der Waals surface area contributed by atoms with Crippen molar-refractivity contribution in [1.82, 2.24) is 14.9 Å². The summed E-state index contributed by atoms with van der Waals surface area (Å²) in [6.45, 7) is 3.36. The van der Waals surface area contributed by atoms with Crippen LogP contribution < -0.4 is 5.32 Å². The second kappa shape index (κ2) is 5.88. The van der Waals surface area contributed by atoms with Gasteiger partial charge in [-0.3, -0.25) is 0 Å². The van der Waals surface area contributed by atoms with Crippen LogP contribution in [0.4, 0.5) is 0 Å². The van der Waals surface area contributed by atoms with Crippen LogP contribution >= 0.6 is 11.3 Å². The molecule has 1 fully saturated rings. The Labute approximate surface area is 118 Å². The average molecular weight is 275 g/mol. The summed E-state index contributed by atoms with van der Waals surface area (Å²) in [5.41, 5.74) is 0. The highest BCUT2D eigenvalue weighted by Gasteiger charge is 2.26. The zero-order valence-electron chi connectivity index (χ0n) is 11.4.